The van der Waals surface area contributed by atoms with E-state index in [-0.39, 0.29) is 13.2 Å². The molecule has 0 saturated heterocycles. The number of hydrogen-bond donors (Lipinski definition) is 2. The molecular formula is C19H22N2O4. The van der Waals surface area contributed by atoms with E-state index in [1.807, 2.05) is 61.5 Å². The molecular weight excluding hydrogens is 320 g/mol. The van der Waals surface area contributed by atoms with Gasteiger partial charge in [-0.2, -0.15) is 0 Å². The lowest BCUT2D eigenvalue weighted by molar-refractivity contribution is -0.146. The molecule has 3 N–H and O–H groups in total. The summed E-state index contributed by atoms with van der Waals surface area (Å²) in [5.41, 5.74) is 7.13. The van der Waals surface area contributed by atoms with E-state index in [9.17, 15) is 9.59 Å². The molecule has 2 aromatic rings. The molecule has 0 aromatic heterocycles. The first-order valence-corrected chi connectivity index (χ1v) is 8.00. The van der Waals surface area contributed by atoms with Gasteiger partial charge in [0.1, 0.15) is 25.0 Å². The van der Waals surface area contributed by atoms with E-state index in [1.165, 1.54) is 0 Å². The van der Waals surface area contributed by atoms with E-state index < -0.39 is 18.0 Å². The molecule has 0 spiro atoms. The molecule has 0 aliphatic heterocycles. The van der Waals surface area contributed by atoms with Crippen LogP contribution in [0.4, 0.5) is 4.79 Å². The lowest BCUT2D eigenvalue weighted by atomic mass is 10.1. The smallest absolute Gasteiger partial charge is 0.329 e. The number of carbonyl (C=O) groups is 2. The Bertz CT molecular complexity index is 704. The van der Waals surface area contributed by atoms with Crippen molar-refractivity contribution in [3.8, 4) is 5.75 Å². The topological polar surface area (TPSA) is 90.7 Å². The molecule has 0 aliphatic rings. The van der Waals surface area contributed by atoms with Gasteiger partial charge in [-0.1, -0.05) is 42.5 Å². The molecule has 2 aromatic carbocycles. The quantitative estimate of drug-likeness (QED) is 0.568. The number of nitrogens with two attached hydrogens (primary N) is 1. The van der Waals surface area contributed by atoms with Crippen LogP contribution in [0.5, 0.6) is 5.75 Å². The first-order chi connectivity index (χ1) is 12.0. The minimum Gasteiger partial charge on any atom is -0.490 e. The van der Waals surface area contributed by atoms with E-state index in [1.54, 1.807) is 0 Å². The molecule has 0 fully saturated rings. The minimum absolute atomic E-state index is 0.0819. The molecule has 1 atom stereocenters. The van der Waals surface area contributed by atoms with Gasteiger partial charge in [0.15, 0.2) is 0 Å². The summed E-state index contributed by atoms with van der Waals surface area (Å²) in [5, 5.41) is 2.42. The van der Waals surface area contributed by atoms with Crippen LogP contribution in [0.3, 0.4) is 0 Å². The molecule has 2 amide bonds. The summed E-state index contributed by atoms with van der Waals surface area (Å²) in [6.45, 7) is 2.28. The monoisotopic (exact) mass is 342 g/mol. The van der Waals surface area contributed by atoms with Crippen molar-refractivity contribution in [3.05, 3.63) is 65.7 Å². The third kappa shape index (κ3) is 6.55. The number of primary amides is 1. The van der Waals surface area contributed by atoms with Gasteiger partial charge in [0.05, 0.1) is 0 Å². The van der Waals surface area contributed by atoms with Crippen molar-refractivity contribution >= 4 is 12.0 Å². The second-order valence-corrected chi connectivity index (χ2v) is 5.58. The van der Waals surface area contributed by atoms with Crippen LogP contribution in [0.2, 0.25) is 0 Å². The molecule has 0 bridgehead atoms. The SMILES string of the molecule is Cc1cccc(OCCOC(=O)[C@H](Cc2ccccc2)NC(N)=O)c1. The molecule has 0 aliphatic carbocycles. The second-order valence-electron chi connectivity index (χ2n) is 5.58. The number of rotatable bonds is 8. The van der Waals surface area contributed by atoms with Gasteiger partial charge in [-0.15, -0.1) is 0 Å². The lowest BCUT2D eigenvalue weighted by Crippen LogP contribution is -2.46. The highest BCUT2D eigenvalue weighted by molar-refractivity contribution is 5.83. The summed E-state index contributed by atoms with van der Waals surface area (Å²) in [4.78, 5) is 23.3. The third-order valence-electron chi connectivity index (χ3n) is 3.47. The van der Waals surface area contributed by atoms with Crippen molar-refractivity contribution in [3.63, 3.8) is 0 Å². The predicted molar refractivity (Wildman–Crippen MR) is 94.3 cm³/mol. The third-order valence-corrected chi connectivity index (χ3v) is 3.47. The number of carbonyl (C=O) groups excluding carboxylic acids is 2. The van der Waals surface area contributed by atoms with Crippen molar-refractivity contribution < 1.29 is 19.1 Å². The zero-order valence-corrected chi connectivity index (χ0v) is 14.1. The van der Waals surface area contributed by atoms with Crippen LogP contribution in [0.25, 0.3) is 0 Å². The number of aryl methyl sites for hydroxylation is 1. The van der Waals surface area contributed by atoms with Crippen molar-refractivity contribution in [2.24, 2.45) is 5.73 Å². The Morgan fingerprint density at radius 1 is 1.08 bits per heavy atom. The summed E-state index contributed by atoms with van der Waals surface area (Å²) >= 11 is 0. The molecule has 25 heavy (non-hydrogen) atoms. The van der Waals surface area contributed by atoms with Crippen LogP contribution in [0, 0.1) is 6.92 Å². The van der Waals surface area contributed by atoms with E-state index in [4.69, 9.17) is 15.2 Å². The number of hydrogen-bond acceptors (Lipinski definition) is 4. The van der Waals surface area contributed by atoms with Crippen molar-refractivity contribution in [2.45, 2.75) is 19.4 Å². The maximum absolute atomic E-state index is 12.2. The van der Waals surface area contributed by atoms with Crippen LogP contribution < -0.4 is 15.8 Å². The Morgan fingerprint density at radius 3 is 2.52 bits per heavy atom. The van der Waals surface area contributed by atoms with Gasteiger partial charge < -0.3 is 20.5 Å². The highest BCUT2D eigenvalue weighted by Crippen LogP contribution is 2.12. The molecule has 0 heterocycles. The highest BCUT2D eigenvalue weighted by atomic mass is 16.6. The van der Waals surface area contributed by atoms with E-state index >= 15 is 0 Å². The number of nitrogens with one attached hydrogen (secondary N) is 1. The van der Waals surface area contributed by atoms with Crippen molar-refractivity contribution in [1.82, 2.24) is 5.32 Å². The summed E-state index contributed by atoms with van der Waals surface area (Å²) in [5.74, 6) is 0.169. The second kappa shape index (κ2) is 9.32. The number of esters is 1. The molecule has 0 unspecified atom stereocenters. The Kier molecular flexibility index (Phi) is 6.83. The van der Waals surface area contributed by atoms with E-state index in [0.717, 1.165) is 11.1 Å². The number of ether oxygens (including phenoxy) is 2. The molecule has 6 nitrogen and oxygen atoms in total. The largest absolute Gasteiger partial charge is 0.490 e. The number of benzene rings is 2. The fourth-order valence-electron chi connectivity index (χ4n) is 2.32. The van der Waals surface area contributed by atoms with Gasteiger partial charge in [0.2, 0.25) is 0 Å². The van der Waals surface area contributed by atoms with E-state index in [2.05, 4.69) is 5.32 Å². The maximum Gasteiger partial charge on any atom is 0.329 e. The van der Waals surface area contributed by atoms with Gasteiger partial charge >= 0.3 is 12.0 Å². The van der Waals surface area contributed by atoms with Crippen LogP contribution in [0.1, 0.15) is 11.1 Å². The first-order valence-electron chi connectivity index (χ1n) is 8.00. The average molecular weight is 342 g/mol. The summed E-state index contributed by atoms with van der Waals surface area (Å²) in [6, 6.07) is 15.3. The summed E-state index contributed by atoms with van der Waals surface area (Å²) < 4.78 is 10.7. The molecule has 6 heteroatoms. The molecule has 132 valence electrons. The van der Waals surface area contributed by atoms with Crippen LogP contribution in [-0.4, -0.2) is 31.3 Å². The Labute approximate surface area is 146 Å². The standard InChI is InChI=1S/C19H22N2O4/c1-14-6-5-9-16(12-14)24-10-11-25-18(22)17(21-19(20)23)13-15-7-3-2-4-8-15/h2-9,12,17H,10-11,13H2,1H3,(H3,20,21,23)/t17-/m0/s1. The fraction of sp³-hybridized carbons (Fsp3) is 0.263. The summed E-state index contributed by atoms with van der Waals surface area (Å²) in [7, 11) is 0. The zero-order chi connectivity index (χ0) is 18.1. The minimum atomic E-state index is -0.834. The van der Waals surface area contributed by atoms with Crippen molar-refractivity contribution in [2.75, 3.05) is 13.2 Å². The number of urea groups is 1. The lowest BCUT2D eigenvalue weighted by Gasteiger charge is -2.17. The van der Waals surface area contributed by atoms with Gasteiger partial charge in [0, 0.05) is 6.42 Å². The van der Waals surface area contributed by atoms with Crippen LogP contribution >= 0.6 is 0 Å². The van der Waals surface area contributed by atoms with Gasteiger partial charge in [0.25, 0.3) is 0 Å². The van der Waals surface area contributed by atoms with Crippen LogP contribution in [-0.2, 0) is 16.0 Å². The Balaban J connectivity index is 1.83. The van der Waals surface area contributed by atoms with Gasteiger partial charge in [-0.3, -0.25) is 0 Å². The van der Waals surface area contributed by atoms with Gasteiger partial charge in [-0.25, -0.2) is 9.59 Å². The zero-order valence-electron chi connectivity index (χ0n) is 14.1. The fourth-order valence-corrected chi connectivity index (χ4v) is 2.32. The number of amides is 2. The molecule has 0 saturated carbocycles. The summed E-state index contributed by atoms with van der Waals surface area (Å²) in [6.07, 6.45) is 0.307. The van der Waals surface area contributed by atoms with Crippen LogP contribution in [0.15, 0.2) is 54.6 Å². The first kappa shape index (κ1) is 18.3. The molecule has 0 radical (unpaired) electrons. The predicted octanol–water partition coefficient (Wildman–Crippen LogP) is 2.20. The Hall–Kier alpha value is -3.02. The Morgan fingerprint density at radius 2 is 1.84 bits per heavy atom. The average Bonchev–Trinajstić information content (AvgIpc) is 2.58. The van der Waals surface area contributed by atoms with Crippen molar-refractivity contribution in [1.29, 1.82) is 0 Å². The normalized spacial score (nSPS) is 11.4. The van der Waals surface area contributed by atoms with Gasteiger partial charge in [-0.05, 0) is 30.2 Å². The van der Waals surface area contributed by atoms with E-state index in [0.29, 0.717) is 12.2 Å². The highest BCUT2D eigenvalue weighted by Gasteiger charge is 2.21. The molecule has 2 rings (SSSR count). The maximum atomic E-state index is 12.2.